The number of ketones is 1. The van der Waals surface area contributed by atoms with Crippen molar-refractivity contribution in [3.8, 4) is 0 Å². The van der Waals surface area contributed by atoms with Gasteiger partial charge in [-0.3, -0.25) is 9.59 Å². The summed E-state index contributed by atoms with van der Waals surface area (Å²) < 4.78 is 0. The van der Waals surface area contributed by atoms with Gasteiger partial charge in [0.25, 0.3) is 0 Å². The molecule has 0 aliphatic heterocycles. The van der Waals surface area contributed by atoms with Crippen molar-refractivity contribution in [2.45, 2.75) is 46.0 Å². The van der Waals surface area contributed by atoms with Gasteiger partial charge in [0.1, 0.15) is 5.01 Å². The molecule has 5 nitrogen and oxygen atoms in total. The van der Waals surface area contributed by atoms with Gasteiger partial charge in [0.05, 0.1) is 0 Å². The summed E-state index contributed by atoms with van der Waals surface area (Å²) in [7, 11) is 0. The maximum Gasteiger partial charge on any atom is 0.226 e. The zero-order valence-electron chi connectivity index (χ0n) is 13.5. The Balaban J connectivity index is 1.79. The van der Waals surface area contributed by atoms with E-state index in [4.69, 9.17) is 0 Å². The monoisotopic (exact) mass is 331 g/mol. The lowest BCUT2D eigenvalue weighted by Crippen LogP contribution is -2.13. The molecule has 6 heteroatoms. The zero-order valence-corrected chi connectivity index (χ0v) is 14.3. The molecule has 0 aliphatic carbocycles. The van der Waals surface area contributed by atoms with E-state index in [1.165, 1.54) is 11.3 Å². The van der Waals surface area contributed by atoms with E-state index in [0.717, 1.165) is 29.8 Å². The van der Waals surface area contributed by atoms with Gasteiger partial charge >= 0.3 is 0 Å². The number of rotatable bonds is 8. The van der Waals surface area contributed by atoms with Gasteiger partial charge in [-0.05, 0) is 13.3 Å². The van der Waals surface area contributed by atoms with Crippen molar-refractivity contribution in [2.75, 3.05) is 5.32 Å². The van der Waals surface area contributed by atoms with Crippen molar-refractivity contribution in [1.29, 1.82) is 0 Å². The zero-order chi connectivity index (χ0) is 16.7. The molecule has 0 atom stereocenters. The molecule has 0 fully saturated rings. The highest BCUT2D eigenvalue weighted by molar-refractivity contribution is 7.15. The SMILES string of the molecule is CCCCc1nnc(NC(=O)CCC(=O)c2ccc(C)cc2)s1. The minimum atomic E-state index is -0.205. The maximum atomic E-state index is 12.0. The van der Waals surface area contributed by atoms with Crippen molar-refractivity contribution in [1.82, 2.24) is 10.2 Å². The number of aryl methyl sites for hydroxylation is 2. The number of carbonyl (C=O) groups is 2. The number of Topliss-reactive ketones (excluding diaryl/α,β-unsaturated/α-hetero) is 1. The van der Waals surface area contributed by atoms with Gasteiger partial charge in [-0.25, -0.2) is 0 Å². The molecule has 2 aromatic rings. The van der Waals surface area contributed by atoms with E-state index in [2.05, 4.69) is 22.4 Å². The third kappa shape index (κ3) is 5.56. The summed E-state index contributed by atoms with van der Waals surface area (Å²) >= 11 is 1.39. The minimum absolute atomic E-state index is 0.0268. The average Bonchev–Trinajstić information content (AvgIpc) is 2.98. The van der Waals surface area contributed by atoms with Gasteiger partial charge in [0, 0.05) is 24.8 Å². The van der Waals surface area contributed by atoms with E-state index in [1.54, 1.807) is 12.1 Å². The van der Waals surface area contributed by atoms with E-state index in [1.807, 2.05) is 19.1 Å². The van der Waals surface area contributed by atoms with Gasteiger partial charge in [-0.2, -0.15) is 0 Å². The highest BCUT2D eigenvalue weighted by Crippen LogP contribution is 2.17. The first-order valence-corrected chi connectivity index (χ1v) is 8.62. The molecule has 1 heterocycles. The Morgan fingerprint density at radius 3 is 2.57 bits per heavy atom. The Hall–Kier alpha value is -2.08. The number of amides is 1. The van der Waals surface area contributed by atoms with E-state index < -0.39 is 0 Å². The minimum Gasteiger partial charge on any atom is -0.301 e. The molecule has 122 valence electrons. The second-order valence-corrected chi connectivity index (χ2v) is 6.50. The standard InChI is InChI=1S/C17H21N3O2S/c1-3-4-5-16-19-20-17(23-16)18-15(22)11-10-14(21)13-8-6-12(2)7-9-13/h6-9H,3-5,10-11H2,1-2H3,(H,18,20,22). The number of unbranched alkanes of at least 4 members (excludes halogenated alkanes) is 1. The summed E-state index contributed by atoms with van der Waals surface area (Å²) in [5.41, 5.74) is 1.75. The average molecular weight is 331 g/mol. The summed E-state index contributed by atoms with van der Waals surface area (Å²) in [5, 5.41) is 12.1. The van der Waals surface area contributed by atoms with Gasteiger partial charge in [-0.1, -0.05) is 54.5 Å². The highest BCUT2D eigenvalue weighted by Gasteiger charge is 2.11. The first-order valence-electron chi connectivity index (χ1n) is 7.80. The fourth-order valence-electron chi connectivity index (χ4n) is 2.03. The van der Waals surface area contributed by atoms with Crippen LogP contribution in [0.1, 0.15) is 53.5 Å². The summed E-state index contributed by atoms with van der Waals surface area (Å²) in [6.45, 7) is 4.09. The molecule has 0 saturated carbocycles. The molecule has 1 aromatic carbocycles. The quantitative estimate of drug-likeness (QED) is 0.747. The van der Waals surface area contributed by atoms with E-state index in [0.29, 0.717) is 10.7 Å². The molecule has 23 heavy (non-hydrogen) atoms. The molecule has 0 radical (unpaired) electrons. The Bertz CT molecular complexity index is 665. The van der Waals surface area contributed by atoms with Gasteiger partial charge in [-0.15, -0.1) is 10.2 Å². The maximum absolute atomic E-state index is 12.0. The number of carbonyl (C=O) groups excluding carboxylic acids is 2. The summed E-state index contributed by atoms with van der Waals surface area (Å²) in [5.74, 6) is -0.232. The second kappa shape index (κ2) is 8.53. The van der Waals surface area contributed by atoms with Crippen molar-refractivity contribution < 1.29 is 9.59 Å². The number of aromatic nitrogens is 2. The van der Waals surface area contributed by atoms with Crippen LogP contribution in [0.15, 0.2) is 24.3 Å². The number of nitrogens with zero attached hydrogens (tertiary/aromatic N) is 2. The van der Waals surface area contributed by atoms with Gasteiger partial charge in [0.2, 0.25) is 11.0 Å². The van der Waals surface area contributed by atoms with Crippen LogP contribution >= 0.6 is 11.3 Å². The van der Waals surface area contributed by atoms with Crippen LogP contribution in [-0.2, 0) is 11.2 Å². The lowest BCUT2D eigenvalue weighted by atomic mass is 10.1. The summed E-state index contributed by atoms with van der Waals surface area (Å²) in [6.07, 6.45) is 3.39. The van der Waals surface area contributed by atoms with Crippen LogP contribution in [0.3, 0.4) is 0 Å². The fraction of sp³-hybridized carbons (Fsp3) is 0.412. The van der Waals surface area contributed by atoms with Crippen LogP contribution in [0, 0.1) is 6.92 Å². The number of hydrogen-bond acceptors (Lipinski definition) is 5. The lowest BCUT2D eigenvalue weighted by molar-refractivity contribution is -0.116. The van der Waals surface area contributed by atoms with Gasteiger partial charge in [0.15, 0.2) is 5.78 Å². The number of benzene rings is 1. The highest BCUT2D eigenvalue weighted by atomic mass is 32.1. The number of anilines is 1. The normalized spacial score (nSPS) is 10.5. The van der Waals surface area contributed by atoms with Crippen LogP contribution in [0.4, 0.5) is 5.13 Å². The Labute approximate surface area is 140 Å². The first-order chi connectivity index (χ1) is 11.1. The van der Waals surface area contributed by atoms with E-state index >= 15 is 0 Å². The summed E-state index contributed by atoms with van der Waals surface area (Å²) in [4.78, 5) is 23.9. The second-order valence-electron chi connectivity index (χ2n) is 5.44. The molecule has 0 spiro atoms. The number of hydrogen-bond donors (Lipinski definition) is 1. The molecule has 0 bridgehead atoms. The van der Waals surface area contributed by atoms with Crippen molar-refractivity contribution >= 4 is 28.2 Å². The molecular weight excluding hydrogens is 310 g/mol. The number of nitrogens with one attached hydrogen (secondary N) is 1. The van der Waals surface area contributed by atoms with Crippen molar-refractivity contribution in [2.24, 2.45) is 0 Å². The molecule has 2 rings (SSSR count). The van der Waals surface area contributed by atoms with Crippen LogP contribution in [0.2, 0.25) is 0 Å². The molecule has 1 N–H and O–H groups in total. The third-order valence-electron chi connectivity index (χ3n) is 3.41. The fourth-order valence-corrected chi connectivity index (χ4v) is 2.82. The Kier molecular flexibility index (Phi) is 6.40. The van der Waals surface area contributed by atoms with Crippen molar-refractivity contribution in [3.63, 3.8) is 0 Å². The van der Waals surface area contributed by atoms with Crippen LogP contribution in [0.25, 0.3) is 0 Å². The smallest absolute Gasteiger partial charge is 0.226 e. The Morgan fingerprint density at radius 1 is 1.13 bits per heavy atom. The Morgan fingerprint density at radius 2 is 1.87 bits per heavy atom. The largest absolute Gasteiger partial charge is 0.301 e. The molecule has 1 aromatic heterocycles. The first kappa shape index (κ1) is 17.3. The van der Waals surface area contributed by atoms with Crippen LogP contribution in [0.5, 0.6) is 0 Å². The summed E-state index contributed by atoms with van der Waals surface area (Å²) in [6, 6.07) is 7.37. The molecular formula is C17H21N3O2S. The molecule has 0 unspecified atom stereocenters. The predicted octanol–water partition coefficient (Wildman–Crippen LogP) is 3.79. The lowest BCUT2D eigenvalue weighted by Gasteiger charge is -2.02. The van der Waals surface area contributed by atoms with Crippen molar-refractivity contribution in [3.05, 3.63) is 40.4 Å². The third-order valence-corrected chi connectivity index (χ3v) is 4.31. The van der Waals surface area contributed by atoms with E-state index in [-0.39, 0.29) is 24.5 Å². The topological polar surface area (TPSA) is 72.0 Å². The van der Waals surface area contributed by atoms with Crippen LogP contribution in [-0.4, -0.2) is 21.9 Å². The van der Waals surface area contributed by atoms with Gasteiger partial charge < -0.3 is 5.32 Å². The van der Waals surface area contributed by atoms with E-state index in [9.17, 15) is 9.59 Å². The molecule has 0 aliphatic rings. The molecule has 0 saturated heterocycles. The van der Waals surface area contributed by atoms with Crippen LogP contribution < -0.4 is 5.32 Å². The molecule has 1 amide bonds. The predicted molar refractivity (Wildman–Crippen MR) is 91.9 cm³/mol.